The van der Waals surface area contributed by atoms with E-state index in [1.54, 1.807) is 30.3 Å². The molecule has 3 aromatic carbocycles. The van der Waals surface area contributed by atoms with Crippen molar-refractivity contribution in [2.24, 2.45) is 0 Å². The van der Waals surface area contributed by atoms with Crippen LogP contribution in [-0.4, -0.2) is 5.91 Å². The van der Waals surface area contributed by atoms with E-state index in [9.17, 15) is 4.79 Å². The summed E-state index contributed by atoms with van der Waals surface area (Å²) in [5, 5.41) is 0.890. The van der Waals surface area contributed by atoms with Crippen molar-refractivity contribution < 1.29 is 4.79 Å². The van der Waals surface area contributed by atoms with Crippen molar-refractivity contribution in [2.75, 3.05) is 0 Å². The van der Waals surface area contributed by atoms with Crippen LogP contribution in [0.2, 0.25) is 10.0 Å². The molecule has 0 radical (unpaired) electrons. The Balaban J connectivity index is 1.63. The second kappa shape index (κ2) is 8.09. The van der Waals surface area contributed by atoms with Gasteiger partial charge in [0.15, 0.2) is 0 Å². The monoisotopic (exact) mass is 382 g/mol. The summed E-state index contributed by atoms with van der Waals surface area (Å²) in [7, 11) is 0. The molecule has 0 fully saturated rings. The third-order valence-electron chi connectivity index (χ3n) is 3.85. The van der Waals surface area contributed by atoms with E-state index >= 15 is 0 Å². The van der Waals surface area contributed by atoms with E-state index in [1.807, 2.05) is 42.5 Å². The molecule has 0 saturated carbocycles. The van der Waals surface area contributed by atoms with Crippen LogP contribution < -0.4 is 10.9 Å². The van der Waals surface area contributed by atoms with E-state index in [0.717, 1.165) is 16.7 Å². The Kier molecular flexibility index (Phi) is 5.61. The number of hydrogen-bond donors (Lipinski definition) is 2. The van der Waals surface area contributed by atoms with Crippen LogP contribution in [0.15, 0.2) is 79.4 Å². The Morgan fingerprint density at radius 3 is 2.00 bits per heavy atom. The summed E-state index contributed by atoms with van der Waals surface area (Å²) < 4.78 is 0. The quantitative estimate of drug-likeness (QED) is 0.566. The maximum Gasteiger partial charge on any atom is 0.269 e. The van der Waals surface area contributed by atoms with Gasteiger partial charge >= 0.3 is 0 Å². The normalized spacial score (nSPS) is 10.2. The van der Waals surface area contributed by atoms with E-state index < -0.39 is 0 Å². The highest BCUT2D eigenvalue weighted by atomic mass is 35.5. The van der Waals surface area contributed by atoms with Crippen LogP contribution in [0.3, 0.4) is 0 Å². The molecule has 26 heavy (non-hydrogen) atoms. The predicted molar refractivity (Wildman–Crippen MR) is 108 cm³/mol. The second-order valence-electron chi connectivity index (χ2n) is 5.63. The first-order valence-corrected chi connectivity index (χ1v) is 8.66. The first-order valence-electron chi connectivity index (χ1n) is 7.91. The van der Waals surface area contributed by atoms with E-state index in [-0.39, 0.29) is 5.91 Å². The topological polar surface area (TPSA) is 41.1 Å². The van der Waals surface area contributed by atoms with Crippen LogP contribution in [0.4, 0.5) is 0 Å². The number of nitrogens with one attached hydrogen (secondary N) is 2. The first kappa shape index (κ1) is 18.1. The molecule has 0 atom stereocenters. The molecular formula is C21H16Cl2N2O. The number of benzene rings is 3. The number of hydrogen-bond acceptors (Lipinski definition) is 2. The Hall–Kier alpha value is -2.75. The molecular weight excluding hydrogens is 367 g/mol. The first-order chi connectivity index (χ1) is 12.5. The molecule has 0 aliphatic carbocycles. The van der Waals surface area contributed by atoms with Crippen molar-refractivity contribution in [3.05, 3.63) is 101 Å². The van der Waals surface area contributed by atoms with E-state index in [2.05, 4.69) is 17.4 Å². The van der Waals surface area contributed by atoms with Gasteiger partial charge in [0.2, 0.25) is 0 Å². The summed E-state index contributed by atoms with van der Waals surface area (Å²) in [5.74, 6) is -0.258. The van der Waals surface area contributed by atoms with Gasteiger partial charge in [0, 0.05) is 11.1 Å². The SMILES string of the molecule is C=C(NNC(=O)c1ccc(-c2ccccc2)cc1)c1ccc(Cl)c(Cl)c1. The summed E-state index contributed by atoms with van der Waals surface area (Å²) >= 11 is 11.9. The molecule has 0 spiro atoms. The van der Waals surface area contributed by atoms with Gasteiger partial charge in [0.1, 0.15) is 0 Å². The number of carbonyl (C=O) groups is 1. The standard InChI is InChI=1S/C21H16Cl2N2O/c1-14(18-11-12-19(22)20(23)13-18)24-25-21(26)17-9-7-16(8-10-17)15-5-3-2-4-6-15/h2-13,24H,1H2,(H,25,26). The molecule has 3 rings (SSSR count). The summed E-state index contributed by atoms with van der Waals surface area (Å²) in [6.45, 7) is 3.89. The number of halogens is 2. The lowest BCUT2D eigenvalue weighted by Crippen LogP contribution is -2.35. The summed E-state index contributed by atoms with van der Waals surface area (Å²) in [6.07, 6.45) is 0. The van der Waals surface area contributed by atoms with Gasteiger partial charge in [-0.15, -0.1) is 0 Å². The van der Waals surface area contributed by atoms with Gasteiger partial charge in [-0.25, -0.2) is 0 Å². The summed E-state index contributed by atoms with van der Waals surface area (Å²) in [6, 6.07) is 22.5. The largest absolute Gasteiger partial charge is 0.298 e. The zero-order valence-corrected chi connectivity index (χ0v) is 15.3. The summed E-state index contributed by atoms with van der Waals surface area (Å²) in [4.78, 5) is 12.3. The van der Waals surface area contributed by atoms with Gasteiger partial charge in [-0.1, -0.05) is 78.3 Å². The van der Waals surface area contributed by atoms with Gasteiger partial charge in [-0.3, -0.25) is 15.6 Å². The van der Waals surface area contributed by atoms with E-state index in [0.29, 0.717) is 21.3 Å². The van der Waals surface area contributed by atoms with Crippen molar-refractivity contribution in [1.29, 1.82) is 0 Å². The molecule has 3 nitrogen and oxygen atoms in total. The molecule has 0 aliphatic rings. The molecule has 0 saturated heterocycles. The second-order valence-corrected chi connectivity index (χ2v) is 6.44. The van der Waals surface area contributed by atoms with Gasteiger partial charge in [-0.05, 0) is 35.4 Å². The van der Waals surface area contributed by atoms with Crippen molar-refractivity contribution >= 4 is 34.8 Å². The van der Waals surface area contributed by atoms with Crippen molar-refractivity contribution in [1.82, 2.24) is 10.9 Å². The smallest absolute Gasteiger partial charge is 0.269 e. The molecule has 3 aromatic rings. The average molecular weight is 383 g/mol. The Morgan fingerprint density at radius 1 is 0.731 bits per heavy atom. The number of carbonyl (C=O) groups excluding carboxylic acids is 1. The lowest BCUT2D eigenvalue weighted by molar-refractivity contribution is 0.0942. The Labute approximate surface area is 162 Å². The minimum atomic E-state index is -0.258. The Morgan fingerprint density at radius 2 is 1.35 bits per heavy atom. The molecule has 130 valence electrons. The van der Waals surface area contributed by atoms with Gasteiger partial charge in [-0.2, -0.15) is 0 Å². The fourth-order valence-corrected chi connectivity index (χ4v) is 2.70. The van der Waals surface area contributed by atoms with Crippen LogP contribution in [0.1, 0.15) is 15.9 Å². The zero-order chi connectivity index (χ0) is 18.5. The van der Waals surface area contributed by atoms with Crippen LogP contribution in [0, 0.1) is 0 Å². The molecule has 5 heteroatoms. The van der Waals surface area contributed by atoms with Gasteiger partial charge in [0.05, 0.1) is 15.7 Å². The van der Waals surface area contributed by atoms with Crippen molar-refractivity contribution in [3.8, 4) is 11.1 Å². The van der Waals surface area contributed by atoms with Crippen molar-refractivity contribution in [2.45, 2.75) is 0 Å². The molecule has 0 unspecified atom stereocenters. The lowest BCUT2D eigenvalue weighted by atomic mass is 10.0. The fraction of sp³-hybridized carbons (Fsp3) is 0. The van der Waals surface area contributed by atoms with Crippen LogP contribution >= 0.6 is 23.2 Å². The number of hydrazine groups is 1. The molecule has 0 heterocycles. The highest BCUT2D eigenvalue weighted by Crippen LogP contribution is 2.24. The predicted octanol–water partition coefficient (Wildman–Crippen LogP) is 5.57. The molecule has 0 bridgehead atoms. The third kappa shape index (κ3) is 4.26. The van der Waals surface area contributed by atoms with Gasteiger partial charge in [0.25, 0.3) is 5.91 Å². The maximum atomic E-state index is 12.3. The fourth-order valence-electron chi connectivity index (χ4n) is 2.41. The summed E-state index contributed by atoms with van der Waals surface area (Å²) in [5.41, 5.74) is 9.36. The molecule has 0 aliphatic heterocycles. The highest BCUT2D eigenvalue weighted by Gasteiger charge is 2.07. The Bertz CT molecular complexity index is 938. The maximum absolute atomic E-state index is 12.3. The average Bonchev–Trinajstić information content (AvgIpc) is 2.68. The van der Waals surface area contributed by atoms with Crippen LogP contribution in [-0.2, 0) is 0 Å². The number of amides is 1. The number of rotatable bonds is 5. The van der Waals surface area contributed by atoms with Crippen LogP contribution in [0.25, 0.3) is 16.8 Å². The zero-order valence-electron chi connectivity index (χ0n) is 13.8. The van der Waals surface area contributed by atoms with Crippen molar-refractivity contribution in [3.63, 3.8) is 0 Å². The lowest BCUT2D eigenvalue weighted by Gasteiger charge is -2.12. The van der Waals surface area contributed by atoms with E-state index in [1.165, 1.54) is 0 Å². The van der Waals surface area contributed by atoms with Crippen LogP contribution in [0.5, 0.6) is 0 Å². The van der Waals surface area contributed by atoms with E-state index in [4.69, 9.17) is 23.2 Å². The molecule has 1 amide bonds. The highest BCUT2D eigenvalue weighted by molar-refractivity contribution is 6.42. The minimum Gasteiger partial charge on any atom is -0.298 e. The van der Waals surface area contributed by atoms with Gasteiger partial charge < -0.3 is 0 Å². The minimum absolute atomic E-state index is 0.258. The molecule has 2 N–H and O–H groups in total. The molecule has 0 aromatic heterocycles. The third-order valence-corrected chi connectivity index (χ3v) is 4.59.